The number of benzene rings is 3. The maximum atomic E-state index is 13.0. The maximum absolute atomic E-state index is 13.0. The van der Waals surface area contributed by atoms with Gasteiger partial charge in [-0.25, -0.2) is 0 Å². The minimum Gasteiger partial charge on any atom is -0.397 e. The molecule has 1 fully saturated rings. The summed E-state index contributed by atoms with van der Waals surface area (Å²) < 4.78 is 0. The molecule has 0 spiro atoms. The molecule has 180 valence electrons. The normalized spacial score (nSPS) is 14.0. The van der Waals surface area contributed by atoms with Crippen molar-refractivity contribution in [3.8, 4) is 0 Å². The fourth-order valence-corrected chi connectivity index (χ4v) is 3.80. The molecule has 0 aromatic heterocycles. The van der Waals surface area contributed by atoms with E-state index in [4.69, 9.17) is 5.73 Å². The van der Waals surface area contributed by atoms with Crippen LogP contribution in [0.2, 0.25) is 0 Å². The number of carbonyl (C=O) groups is 2. The van der Waals surface area contributed by atoms with E-state index in [1.807, 2.05) is 36.4 Å². The van der Waals surface area contributed by atoms with Crippen molar-refractivity contribution in [3.63, 3.8) is 0 Å². The van der Waals surface area contributed by atoms with E-state index in [0.29, 0.717) is 17.3 Å². The first-order valence-corrected chi connectivity index (χ1v) is 11.7. The maximum Gasteiger partial charge on any atom is 0.248 e. The summed E-state index contributed by atoms with van der Waals surface area (Å²) in [4.78, 5) is 25.2. The zero-order valence-electron chi connectivity index (χ0n) is 19.4. The minimum atomic E-state index is -0.632. The summed E-state index contributed by atoms with van der Waals surface area (Å²) in [5, 5.41) is 18.1. The van der Waals surface area contributed by atoms with Crippen LogP contribution in [0.3, 0.4) is 0 Å². The summed E-state index contributed by atoms with van der Waals surface area (Å²) in [6, 6.07) is 21.7. The Morgan fingerprint density at radius 2 is 1.69 bits per heavy atom. The first-order valence-electron chi connectivity index (χ1n) is 11.7. The summed E-state index contributed by atoms with van der Waals surface area (Å²) >= 11 is 0. The van der Waals surface area contributed by atoms with Crippen LogP contribution in [0, 0.1) is 0 Å². The van der Waals surface area contributed by atoms with Crippen LogP contribution in [-0.2, 0) is 9.59 Å². The Morgan fingerprint density at radius 1 is 0.971 bits per heavy atom. The Hall–Kier alpha value is -3.94. The van der Waals surface area contributed by atoms with E-state index in [9.17, 15) is 14.7 Å². The lowest BCUT2D eigenvalue weighted by atomic mass is 10.0. The van der Waals surface area contributed by atoms with Crippen LogP contribution in [0.5, 0.6) is 0 Å². The fourth-order valence-electron chi connectivity index (χ4n) is 3.80. The predicted molar refractivity (Wildman–Crippen MR) is 140 cm³/mol. The van der Waals surface area contributed by atoms with Crippen LogP contribution in [0.4, 0.5) is 17.1 Å². The molecule has 7 heteroatoms. The number of hydrogen-bond donors (Lipinski definition) is 5. The van der Waals surface area contributed by atoms with Crippen LogP contribution >= 0.6 is 0 Å². The Morgan fingerprint density at radius 3 is 2.34 bits per heavy atom. The molecule has 0 aliphatic heterocycles. The molecule has 1 atom stereocenters. The third-order valence-corrected chi connectivity index (χ3v) is 5.87. The first kappa shape index (κ1) is 24.2. The van der Waals surface area contributed by atoms with E-state index in [1.165, 1.54) is 24.5 Å². The molecule has 0 radical (unpaired) electrons. The van der Waals surface area contributed by atoms with Crippen molar-refractivity contribution in [3.05, 3.63) is 95.6 Å². The van der Waals surface area contributed by atoms with Gasteiger partial charge in [-0.3, -0.25) is 14.9 Å². The quantitative estimate of drug-likeness (QED) is 0.226. The van der Waals surface area contributed by atoms with E-state index in [-0.39, 0.29) is 25.0 Å². The van der Waals surface area contributed by atoms with Crippen LogP contribution in [-0.4, -0.2) is 30.1 Å². The number of carbonyl (C=O) groups excluding carboxylic acids is 2. The Kier molecular flexibility index (Phi) is 7.92. The lowest BCUT2D eigenvalue weighted by molar-refractivity contribution is -0.118. The molecule has 1 saturated carbocycles. The second kappa shape index (κ2) is 11.5. The molecular weight excluding hydrogens is 440 g/mol. The lowest BCUT2D eigenvalue weighted by Gasteiger charge is -2.19. The minimum absolute atomic E-state index is 0.0816. The lowest BCUT2D eigenvalue weighted by Crippen LogP contribution is -2.34. The first-order chi connectivity index (χ1) is 17.0. The molecule has 6 N–H and O–H groups in total. The van der Waals surface area contributed by atoms with E-state index >= 15 is 0 Å². The van der Waals surface area contributed by atoms with Gasteiger partial charge in [0, 0.05) is 18.3 Å². The zero-order chi connectivity index (χ0) is 24.6. The highest BCUT2D eigenvalue weighted by atomic mass is 16.3. The van der Waals surface area contributed by atoms with Gasteiger partial charge in [0.1, 0.15) is 6.04 Å². The number of hydrogen-bond acceptors (Lipinski definition) is 5. The Labute approximate surface area is 205 Å². The summed E-state index contributed by atoms with van der Waals surface area (Å²) in [5.74, 6) is 0.163. The zero-order valence-corrected chi connectivity index (χ0v) is 19.4. The highest BCUT2D eigenvalue weighted by Gasteiger charge is 2.24. The van der Waals surface area contributed by atoms with Crippen molar-refractivity contribution < 1.29 is 14.7 Å². The van der Waals surface area contributed by atoms with E-state index in [0.717, 1.165) is 16.8 Å². The second-order valence-electron chi connectivity index (χ2n) is 8.57. The summed E-state index contributed by atoms with van der Waals surface area (Å²) in [5.41, 5.74) is 10.5. The average Bonchev–Trinajstić information content (AvgIpc) is 3.71. The summed E-state index contributed by atoms with van der Waals surface area (Å²) in [6.07, 6.45) is 5.59. The predicted octanol–water partition coefficient (Wildman–Crippen LogP) is 4.06. The van der Waals surface area contributed by atoms with Crippen molar-refractivity contribution >= 4 is 35.0 Å². The summed E-state index contributed by atoms with van der Waals surface area (Å²) in [6.45, 7) is 0.199. The topological polar surface area (TPSA) is 116 Å². The van der Waals surface area contributed by atoms with Gasteiger partial charge in [0.05, 0.1) is 18.0 Å². The standard InChI is InChI=1S/C28H30N4O3/c29-24-3-1-2-4-25(24)32-26(34)16-7-19-5-8-22(9-6-19)27(30-17-18-33)28(35)31-23-14-12-21(13-15-23)20-10-11-20/h1-9,12-16,20,27,30,33H,10-11,17-18,29H2,(H,31,35)(H,32,34)/b16-7+. The smallest absolute Gasteiger partial charge is 0.248 e. The van der Waals surface area contributed by atoms with Crippen molar-refractivity contribution in [2.24, 2.45) is 0 Å². The number of anilines is 3. The summed E-state index contributed by atoms with van der Waals surface area (Å²) in [7, 11) is 0. The average molecular weight is 471 g/mol. The molecule has 1 unspecified atom stereocenters. The van der Waals surface area contributed by atoms with Crippen LogP contribution < -0.4 is 21.7 Å². The number of nitrogens with two attached hydrogens (primary N) is 1. The van der Waals surface area contributed by atoms with E-state index < -0.39 is 6.04 Å². The van der Waals surface area contributed by atoms with Gasteiger partial charge in [0.25, 0.3) is 0 Å². The largest absolute Gasteiger partial charge is 0.397 e. The SMILES string of the molecule is Nc1ccccc1NC(=O)/C=C/c1ccc(C(NCCO)C(=O)Nc2ccc(C3CC3)cc2)cc1. The van der Waals surface area contributed by atoms with Crippen LogP contribution in [0.25, 0.3) is 6.08 Å². The number of nitrogens with one attached hydrogen (secondary N) is 3. The molecule has 1 aliphatic carbocycles. The molecule has 1 aliphatic rings. The van der Waals surface area contributed by atoms with Crippen molar-refractivity contribution in [2.45, 2.75) is 24.8 Å². The number of rotatable bonds is 10. The van der Waals surface area contributed by atoms with E-state index in [2.05, 4.69) is 28.1 Å². The monoisotopic (exact) mass is 470 g/mol. The van der Waals surface area contributed by atoms with Gasteiger partial charge in [-0.1, -0.05) is 48.5 Å². The molecule has 7 nitrogen and oxygen atoms in total. The second-order valence-corrected chi connectivity index (χ2v) is 8.57. The number of aliphatic hydroxyl groups is 1. The van der Waals surface area contributed by atoms with Gasteiger partial charge in [-0.15, -0.1) is 0 Å². The number of para-hydroxylation sites is 2. The van der Waals surface area contributed by atoms with E-state index in [1.54, 1.807) is 30.3 Å². The van der Waals surface area contributed by atoms with Gasteiger partial charge in [0.2, 0.25) is 11.8 Å². The molecule has 3 aromatic carbocycles. The Balaban J connectivity index is 1.39. The molecule has 35 heavy (non-hydrogen) atoms. The van der Waals surface area contributed by atoms with Gasteiger partial charge in [-0.05, 0) is 65.8 Å². The van der Waals surface area contributed by atoms with Gasteiger partial charge >= 0.3 is 0 Å². The van der Waals surface area contributed by atoms with Gasteiger partial charge in [-0.2, -0.15) is 0 Å². The number of aliphatic hydroxyl groups excluding tert-OH is 1. The van der Waals surface area contributed by atoms with Crippen molar-refractivity contribution in [1.82, 2.24) is 5.32 Å². The molecule has 2 amide bonds. The fraction of sp³-hybridized carbons (Fsp3) is 0.214. The molecule has 0 bridgehead atoms. The van der Waals surface area contributed by atoms with Gasteiger partial charge in [0.15, 0.2) is 0 Å². The van der Waals surface area contributed by atoms with Crippen molar-refractivity contribution in [2.75, 3.05) is 29.5 Å². The van der Waals surface area contributed by atoms with Crippen LogP contribution in [0.1, 0.15) is 41.5 Å². The van der Waals surface area contributed by atoms with Crippen LogP contribution in [0.15, 0.2) is 78.9 Å². The third-order valence-electron chi connectivity index (χ3n) is 5.87. The molecule has 0 saturated heterocycles. The molecular formula is C28H30N4O3. The highest BCUT2D eigenvalue weighted by molar-refractivity contribution is 6.03. The van der Waals surface area contributed by atoms with Crippen molar-refractivity contribution in [1.29, 1.82) is 0 Å². The molecule has 4 rings (SSSR count). The Bertz CT molecular complexity index is 1190. The molecule has 0 heterocycles. The number of nitrogen functional groups attached to an aromatic ring is 1. The highest BCUT2D eigenvalue weighted by Crippen LogP contribution is 2.40. The van der Waals surface area contributed by atoms with Gasteiger partial charge < -0.3 is 21.5 Å². The molecule has 3 aromatic rings. The third kappa shape index (κ3) is 6.79. The number of amides is 2.